The Hall–Kier alpha value is -2.38. The van der Waals surface area contributed by atoms with Crippen LogP contribution in [0.15, 0.2) is 0 Å². The van der Waals surface area contributed by atoms with Crippen LogP contribution in [-0.4, -0.2) is 83.1 Å². The van der Waals surface area contributed by atoms with E-state index in [1.165, 1.54) is 11.8 Å². The van der Waals surface area contributed by atoms with Gasteiger partial charge in [-0.2, -0.15) is 11.8 Å². The Bertz CT molecular complexity index is 605. The smallest absolute Gasteiger partial charge is 0.326 e. The summed E-state index contributed by atoms with van der Waals surface area (Å²) < 4.78 is 0. The van der Waals surface area contributed by atoms with Gasteiger partial charge in [0.05, 0.1) is 19.0 Å². The molecule has 9 N–H and O–H groups in total. The van der Waals surface area contributed by atoms with Gasteiger partial charge in [-0.25, -0.2) is 4.79 Å². The minimum atomic E-state index is -1.62. The third-order valence-electron chi connectivity index (χ3n) is 3.98. The number of hydrogen-bond acceptors (Lipinski definition) is 8. The van der Waals surface area contributed by atoms with E-state index in [-0.39, 0.29) is 6.42 Å². The van der Waals surface area contributed by atoms with E-state index in [1.54, 1.807) is 0 Å². The van der Waals surface area contributed by atoms with Gasteiger partial charge in [0.2, 0.25) is 17.7 Å². The lowest BCUT2D eigenvalue weighted by Crippen LogP contribution is -2.53. The van der Waals surface area contributed by atoms with Crippen LogP contribution in [0.25, 0.3) is 0 Å². The first-order valence-electron chi connectivity index (χ1n) is 9.39. The molecule has 0 heterocycles. The summed E-state index contributed by atoms with van der Waals surface area (Å²) in [5.41, 5.74) is 11.3. The molecule has 0 rings (SSSR count). The largest absolute Gasteiger partial charge is 0.481 e. The summed E-state index contributed by atoms with van der Waals surface area (Å²) in [7, 11) is 0. The van der Waals surface area contributed by atoms with Crippen molar-refractivity contribution >= 4 is 41.4 Å². The van der Waals surface area contributed by atoms with Crippen LogP contribution in [0.2, 0.25) is 0 Å². The standard InChI is InChI=1S/C17H31N5O7S/c1-30-7-5-10(19)15(26)22-11(4-2-3-6-18)16(27)20-9-13(23)21-12(17(28)29)8-14(24)25/h10-12H,2-9,18-19H2,1H3,(H,20,27)(H,21,23)(H,22,26)(H,24,25)(H,28,29). The monoisotopic (exact) mass is 449 g/mol. The lowest BCUT2D eigenvalue weighted by molar-refractivity contribution is -0.147. The number of nitrogens with two attached hydrogens (primary N) is 2. The molecule has 0 aliphatic heterocycles. The summed E-state index contributed by atoms with van der Waals surface area (Å²) >= 11 is 1.53. The number of nitrogens with one attached hydrogen (secondary N) is 3. The number of carboxylic acids is 2. The molecule has 0 spiro atoms. The average Bonchev–Trinajstić information content (AvgIpc) is 2.68. The van der Waals surface area contributed by atoms with E-state index in [2.05, 4.69) is 10.6 Å². The van der Waals surface area contributed by atoms with Crippen LogP contribution < -0.4 is 27.4 Å². The highest BCUT2D eigenvalue weighted by molar-refractivity contribution is 7.98. The van der Waals surface area contributed by atoms with E-state index in [0.717, 1.165) is 0 Å². The highest BCUT2D eigenvalue weighted by Crippen LogP contribution is 2.04. The van der Waals surface area contributed by atoms with Gasteiger partial charge in [-0.1, -0.05) is 0 Å². The fourth-order valence-electron chi connectivity index (χ4n) is 2.33. The van der Waals surface area contributed by atoms with Crippen molar-refractivity contribution in [2.45, 2.75) is 50.2 Å². The molecule has 3 atom stereocenters. The van der Waals surface area contributed by atoms with Crippen LogP contribution >= 0.6 is 11.8 Å². The molecule has 12 nitrogen and oxygen atoms in total. The molecule has 30 heavy (non-hydrogen) atoms. The summed E-state index contributed by atoms with van der Waals surface area (Å²) in [5, 5.41) is 24.5. The Morgan fingerprint density at radius 3 is 2.17 bits per heavy atom. The minimum Gasteiger partial charge on any atom is -0.481 e. The van der Waals surface area contributed by atoms with Gasteiger partial charge < -0.3 is 37.6 Å². The first-order chi connectivity index (χ1) is 14.1. The van der Waals surface area contributed by atoms with E-state index < -0.39 is 60.8 Å². The maximum Gasteiger partial charge on any atom is 0.326 e. The summed E-state index contributed by atoms with van der Waals surface area (Å²) in [5.74, 6) is -4.23. The molecule has 0 aliphatic carbocycles. The highest BCUT2D eigenvalue weighted by Gasteiger charge is 2.26. The summed E-state index contributed by atoms with van der Waals surface area (Å²) in [4.78, 5) is 58.1. The molecule has 0 aromatic carbocycles. The second-order valence-corrected chi connectivity index (χ2v) is 7.49. The maximum atomic E-state index is 12.4. The van der Waals surface area contributed by atoms with Crippen molar-refractivity contribution in [1.29, 1.82) is 0 Å². The van der Waals surface area contributed by atoms with Crippen molar-refractivity contribution in [1.82, 2.24) is 16.0 Å². The zero-order valence-corrected chi connectivity index (χ0v) is 17.7. The third kappa shape index (κ3) is 12.2. The summed E-state index contributed by atoms with van der Waals surface area (Å²) in [6.07, 6.45) is 2.98. The Labute approximate surface area is 178 Å². The number of hydrogen-bond donors (Lipinski definition) is 7. The number of carbonyl (C=O) groups excluding carboxylic acids is 3. The van der Waals surface area contributed by atoms with E-state index in [9.17, 15) is 24.0 Å². The second kappa shape index (κ2) is 15.5. The van der Waals surface area contributed by atoms with Crippen LogP contribution in [0, 0.1) is 0 Å². The number of carboxylic acid groups (broad SMARTS) is 2. The molecule has 172 valence electrons. The van der Waals surface area contributed by atoms with Gasteiger partial charge >= 0.3 is 11.9 Å². The van der Waals surface area contributed by atoms with E-state index in [0.29, 0.717) is 31.6 Å². The van der Waals surface area contributed by atoms with Gasteiger partial charge in [-0.15, -0.1) is 0 Å². The van der Waals surface area contributed by atoms with Gasteiger partial charge in [0.25, 0.3) is 0 Å². The Kier molecular flexibility index (Phi) is 14.2. The van der Waals surface area contributed by atoms with E-state index in [1.807, 2.05) is 11.6 Å². The molecule has 0 saturated carbocycles. The molecule has 0 fully saturated rings. The summed E-state index contributed by atoms with van der Waals surface area (Å²) in [6.45, 7) is -0.165. The van der Waals surface area contributed by atoms with Gasteiger partial charge in [0.15, 0.2) is 0 Å². The number of thioether (sulfide) groups is 1. The molecule has 0 aromatic rings. The second-order valence-electron chi connectivity index (χ2n) is 6.51. The van der Waals surface area contributed by atoms with Gasteiger partial charge in [0.1, 0.15) is 12.1 Å². The van der Waals surface area contributed by atoms with Crippen LogP contribution in [0.1, 0.15) is 32.1 Å². The molecule has 0 aliphatic rings. The molecule has 0 aromatic heterocycles. The molecule has 0 saturated heterocycles. The minimum absolute atomic E-state index is 0.280. The van der Waals surface area contributed by atoms with Crippen LogP contribution in [-0.2, 0) is 24.0 Å². The van der Waals surface area contributed by atoms with E-state index >= 15 is 0 Å². The zero-order valence-electron chi connectivity index (χ0n) is 16.9. The predicted molar refractivity (Wildman–Crippen MR) is 111 cm³/mol. The normalized spacial score (nSPS) is 13.6. The first-order valence-corrected chi connectivity index (χ1v) is 10.8. The first kappa shape index (κ1) is 27.6. The number of unbranched alkanes of at least 4 members (excludes halogenated alkanes) is 1. The fraction of sp³-hybridized carbons (Fsp3) is 0.706. The molecule has 0 radical (unpaired) electrons. The van der Waals surface area contributed by atoms with Crippen LogP contribution in [0.5, 0.6) is 0 Å². The SMILES string of the molecule is CSCCC(N)C(=O)NC(CCCCN)C(=O)NCC(=O)NC(CC(=O)O)C(=O)O. The molecule has 3 unspecified atom stereocenters. The number of amides is 3. The lowest BCUT2D eigenvalue weighted by atomic mass is 10.1. The maximum absolute atomic E-state index is 12.4. The molecular formula is C17H31N5O7S. The summed E-state index contributed by atoms with van der Waals surface area (Å²) in [6, 6.07) is -3.34. The van der Waals surface area contributed by atoms with Gasteiger partial charge in [-0.3, -0.25) is 19.2 Å². The number of carbonyl (C=O) groups is 5. The molecule has 13 heteroatoms. The van der Waals surface area contributed by atoms with Gasteiger partial charge in [0, 0.05) is 0 Å². The highest BCUT2D eigenvalue weighted by atomic mass is 32.2. The van der Waals surface area contributed by atoms with Crippen LogP contribution in [0.4, 0.5) is 0 Å². The quantitative estimate of drug-likeness (QED) is 0.127. The Morgan fingerprint density at radius 2 is 1.63 bits per heavy atom. The average molecular weight is 450 g/mol. The predicted octanol–water partition coefficient (Wildman–Crippen LogP) is -2.16. The van der Waals surface area contributed by atoms with Crippen molar-refractivity contribution < 1.29 is 34.2 Å². The van der Waals surface area contributed by atoms with Crippen molar-refractivity contribution in [3.05, 3.63) is 0 Å². The molecule has 3 amide bonds. The third-order valence-corrected chi connectivity index (χ3v) is 4.63. The topological polar surface area (TPSA) is 214 Å². The molecular weight excluding hydrogens is 418 g/mol. The van der Waals surface area contributed by atoms with Crippen molar-refractivity contribution in [2.75, 3.05) is 25.1 Å². The van der Waals surface area contributed by atoms with Crippen LogP contribution in [0.3, 0.4) is 0 Å². The van der Waals surface area contributed by atoms with E-state index in [4.69, 9.17) is 21.7 Å². The lowest BCUT2D eigenvalue weighted by Gasteiger charge is -2.21. The van der Waals surface area contributed by atoms with Crippen molar-refractivity contribution in [2.24, 2.45) is 11.5 Å². The zero-order chi connectivity index (χ0) is 23.1. The Morgan fingerprint density at radius 1 is 0.967 bits per heavy atom. The Balaban J connectivity index is 4.82. The number of rotatable bonds is 16. The number of aliphatic carboxylic acids is 2. The molecule has 0 bridgehead atoms. The fourth-order valence-corrected chi connectivity index (χ4v) is 2.82. The van der Waals surface area contributed by atoms with Crippen molar-refractivity contribution in [3.63, 3.8) is 0 Å². The van der Waals surface area contributed by atoms with Crippen molar-refractivity contribution in [3.8, 4) is 0 Å². The van der Waals surface area contributed by atoms with Gasteiger partial charge in [-0.05, 0) is 44.2 Å².